The molecule has 5 heteroatoms. The summed E-state index contributed by atoms with van der Waals surface area (Å²) in [4.78, 5) is 2.18. The summed E-state index contributed by atoms with van der Waals surface area (Å²) in [6.07, 6.45) is -0.539. The predicted octanol–water partition coefficient (Wildman–Crippen LogP) is 1.89. The minimum Gasteiger partial charge on any atom is -0.491 e. The number of aliphatic hydroxyl groups excluding tert-OH is 1. The first kappa shape index (κ1) is 17.4. The third-order valence-corrected chi connectivity index (χ3v) is 5.84. The summed E-state index contributed by atoms with van der Waals surface area (Å²) in [6, 6.07) is 6.05. The lowest BCUT2D eigenvalue weighted by Gasteiger charge is -2.38. The minimum atomic E-state index is -0.779. The lowest BCUT2D eigenvalue weighted by atomic mass is 10.1. The van der Waals surface area contributed by atoms with Crippen molar-refractivity contribution >= 4 is 10.8 Å². The summed E-state index contributed by atoms with van der Waals surface area (Å²) in [5.41, 5.74) is 2.31. The van der Waals surface area contributed by atoms with Crippen molar-refractivity contribution in [2.24, 2.45) is 0 Å². The van der Waals surface area contributed by atoms with Gasteiger partial charge in [-0.1, -0.05) is 6.07 Å². The van der Waals surface area contributed by atoms with Crippen molar-refractivity contribution < 1.29 is 14.1 Å². The highest BCUT2D eigenvalue weighted by molar-refractivity contribution is 7.86. The highest BCUT2D eigenvalue weighted by Gasteiger charge is 2.33. The van der Waals surface area contributed by atoms with Gasteiger partial charge in [-0.2, -0.15) is 0 Å². The molecule has 0 aliphatic carbocycles. The molecule has 124 valence electrons. The normalized spacial score (nSPS) is 23.2. The zero-order valence-electron chi connectivity index (χ0n) is 14.0. The molecule has 1 aromatic carbocycles. The molecule has 22 heavy (non-hydrogen) atoms. The van der Waals surface area contributed by atoms with E-state index in [9.17, 15) is 9.32 Å². The van der Waals surface area contributed by atoms with E-state index in [0.717, 1.165) is 30.0 Å². The molecule has 0 aromatic heterocycles. The van der Waals surface area contributed by atoms with Gasteiger partial charge in [0.1, 0.15) is 18.5 Å². The van der Waals surface area contributed by atoms with E-state index < -0.39 is 16.9 Å². The molecule has 2 atom stereocenters. The minimum absolute atomic E-state index is 0.202. The second kappa shape index (κ2) is 7.11. The van der Waals surface area contributed by atoms with Gasteiger partial charge in [-0.25, -0.2) is 0 Å². The summed E-state index contributed by atoms with van der Waals surface area (Å²) in [6.45, 7) is 10.5. The van der Waals surface area contributed by atoms with Crippen molar-refractivity contribution in [1.82, 2.24) is 4.90 Å². The molecule has 0 amide bonds. The van der Waals surface area contributed by atoms with Gasteiger partial charge in [0.15, 0.2) is 0 Å². The smallest absolute Gasteiger partial charge is 0.119 e. The molecular weight excluding hydrogens is 298 g/mol. The van der Waals surface area contributed by atoms with E-state index in [-0.39, 0.29) is 11.4 Å². The number of ether oxygens (including phenoxy) is 1. The Bertz CT molecular complexity index is 524. The van der Waals surface area contributed by atoms with Gasteiger partial charge in [-0.15, -0.1) is 0 Å². The van der Waals surface area contributed by atoms with Crippen LogP contribution in [-0.2, 0) is 10.8 Å². The Balaban J connectivity index is 1.83. The number of aryl methyl sites for hydroxylation is 2. The highest BCUT2D eigenvalue weighted by atomic mass is 32.2. The summed E-state index contributed by atoms with van der Waals surface area (Å²) < 4.78 is 17.4. The van der Waals surface area contributed by atoms with E-state index >= 15 is 0 Å². The number of aliphatic hydroxyl groups is 1. The average molecular weight is 325 g/mol. The third kappa shape index (κ3) is 4.80. The number of rotatable bonds is 5. The van der Waals surface area contributed by atoms with Crippen LogP contribution in [0.25, 0.3) is 0 Å². The molecule has 1 saturated heterocycles. The highest BCUT2D eigenvalue weighted by Crippen LogP contribution is 2.20. The van der Waals surface area contributed by atoms with Gasteiger partial charge in [0.05, 0.1) is 4.75 Å². The molecule has 0 bridgehead atoms. The summed E-state index contributed by atoms with van der Waals surface area (Å²) in [5, 5.41) is 10.2. The van der Waals surface area contributed by atoms with Gasteiger partial charge in [-0.3, -0.25) is 9.11 Å². The van der Waals surface area contributed by atoms with Crippen LogP contribution in [0.3, 0.4) is 0 Å². The van der Waals surface area contributed by atoms with E-state index in [0.29, 0.717) is 12.3 Å². The Kier molecular flexibility index (Phi) is 5.64. The molecule has 1 fully saturated rings. The molecule has 4 nitrogen and oxygen atoms in total. The zero-order chi connectivity index (χ0) is 16.3. The molecular formula is C17H27NO3S. The fourth-order valence-electron chi connectivity index (χ4n) is 2.89. The van der Waals surface area contributed by atoms with Crippen LogP contribution >= 0.6 is 0 Å². The van der Waals surface area contributed by atoms with Gasteiger partial charge in [0, 0.05) is 36.2 Å². The molecule has 0 spiro atoms. The van der Waals surface area contributed by atoms with Crippen molar-refractivity contribution in [3.8, 4) is 5.75 Å². The molecule has 1 N–H and O–H groups in total. The largest absolute Gasteiger partial charge is 0.491 e. The van der Waals surface area contributed by atoms with Gasteiger partial charge in [0.25, 0.3) is 0 Å². The van der Waals surface area contributed by atoms with Gasteiger partial charge < -0.3 is 9.84 Å². The second-order valence-electron chi connectivity index (χ2n) is 6.83. The SMILES string of the molecule is Cc1cc(C)cc(OCC(O)CN2CCS(=O)C(C)(C)C2)c1. The predicted molar refractivity (Wildman–Crippen MR) is 90.9 cm³/mol. The molecule has 1 aromatic rings. The maximum atomic E-state index is 11.9. The number of benzene rings is 1. The number of hydrogen-bond acceptors (Lipinski definition) is 4. The first-order valence-electron chi connectivity index (χ1n) is 7.76. The van der Waals surface area contributed by atoms with Crippen molar-refractivity contribution in [2.45, 2.75) is 38.5 Å². The van der Waals surface area contributed by atoms with Crippen LogP contribution in [0.5, 0.6) is 5.75 Å². The van der Waals surface area contributed by atoms with Crippen molar-refractivity contribution in [3.63, 3.8) is 0 Å². The zero-order valence-corrected chi connectivity index (χ0v) is 14.8. The third-order valence-electron chi connectivity index (χ3n) is 3.92. The van der Waals surface area contributed by atoms with Crippen molar-refractivity contribution in [1.29, 1.82) is 0 Å². The van der Waals surface area contributed by atoms with E-state index in [1.165, 1.54) is 0 Å². The van der Waals surface area contributed by atoms with Crippen LogP contribution < -0.4 is 4.74 Å². The Labute approximate surface area is 135 Å². The van der Waals surface area contributed by atoms with Gasteiger partial charge in [-0.05, 0) is 51.0 Å². The lowest BCUT2D eigenvalue weighted by Crippen LogP contribution is -2.52. The fourth-order valence-corrected chi connectivity index (χ4v) is 4.20. The van der Waals surface area contributed by atoms with Crippen LogP contribution in [0, 0.1) is 13.8 Å². The molecule has 1 aliphatic heterocycles. The average Bonchev–Trinajstić information content (AvgIpc) is 2.39. The van der Waals surface area contributed by atoms with Crippen LogP contribution in [0.1, 0.15) is 25.0 Å². The lowest BCUT2D eigenvalue weighted by molar-refractivity contribution is 0.0661. The Morgan fingerprint density at radius 3 is 2.55 bits per heavy atom. The number of β-amino-alcohol motifs (C(OH)–C–C–N with tert-alkyl or cyclic N) is 1. The molecule has 1 heterocycles. The Morgan fingerprint density at radius 2 is 1.95 bits per heavy atom. The van der Waals surface area contributed by atoms with Crippen LogP contribution in [-0.4, -0.2) is 57.1 Å². The summed E-state index contributed by atoms with van der Waals surface area (Å²) >= 11 is 0. The molecule has 2 rings (SSSR count). The number of hydrogen-bond donors (Lipinski definition) is 1. The first-order valence-corrected chi connectivity index (χ1v) is 9.08. The van der Waals surface area contributed by atoms with Crippen LogP contribution in [0.2, 0.25) is 0 Å². The van der Waals surface area contributed by atoms with E-state index in [4.69, 9.17) is 4.74 Å². The molecule has 0 radical (unpaired) electrons. The maximum absolute atomic E-state index is 11.9. The Morgan fingerprint density at radius 1 is 1.32 bits per heavy atom. The topological polar surface area (TPSA) is 49.8 Å². The van der Waals surface area contributed by atoms with Crippen molar-refractivity contribution in [2.75, 3.05) is 32.0 Å². The quantitative estimate of drug-likeness (QED) is 0.898. The van der Waals surface area contributed by atoms with Crippen LogP contribution in [0.4, 0.5) is 0 Å². The summed E-state index contributed by atoms with van der Waals surface area (Å²) in [5.74, 6) is 1.48. The van der Waals surface area contributed by atoms with Crippen molar-refractivity contribution in [3.05, 3.63) is 29.3 Å². The second-order valence-corrected chi connectivity index (χ2v) is 9.04. The van der Waals surface area contributed by atoms with Crippen LogP contribution in [0.15, 0.2) is 18.2 Å². The first-order chi connectivity index (χ1) is 10.3. The standard InChI is InChI=1S/C17H27NO3S/c1-13-7-14(2)9-16(8-13)21-11-15(19)10-18-5-6-22(20)17(3,4)12-18/h7-9,15,19H,5-6,10-12H2,1-4H3. The number of nitrogens with zero attached hydrogens (tertiary/aromatic N) is 1. The summed E-state index contributed by atoms with van der Waals surface area (Å²) in [7, 11) is -0.779. The fraction of sp³-hybridized carbons (Fsp3) is 0.647. The molecule has 2 unspecified atom stereocenters. The van der Waals surface area contributed by atoms with Gasteiger partial charge in [0.2, 0.25) is 0 Å². The maximum Gasteiger partial charge on any atom is 0.119 e. The van der Waals surface area contributed by atoms with E-state index in [1.54, 1.807) is 0 Å². The molecule has 0 saturated carbocycles. The van der Waals surface area contributed by atoms with E-state index in [1.807, 2.05) is 39.8 Å². The van der Waals surface area contributed by atoms with E-state index in [2.05, 4.69) is 11.0 Å². The van der Waals surface area contributed by atoms with Gasteiger partial charge >= 0.3 is 0 Å². The monoisotopic (exact) mass is 325 g/mol. The molecule has 1 aliphatic rings. The Hall–Kier alpha value is -0.910.